The molecule has 3 heterocycles. The van der Waals surface area contributed by atoms with Gasteiger partial charge >= 0.3 is 6.18 Å². The molecular weight excluding hydrogens is 492 g/mol. The lowest BCUT2D eigenvalue weighted by atomic mass is 9.75. The molecule has 194 valence electrons. The molecule has 3 aromatic rings. The van der Waals surface area contributed by atoms with Crippen LogP contribution in [0.25, 0.3) is 10.1 Å². The van der Waals surface area contributed by atoms with Gasteiger partial charge in [0.25, 0.3) is 0 Å². The number of hydrogen-bond donors (Lipinski definition) is 1. The molecule has 36 heavy (non-hydrogen) atoms. The number of carbonyl (C=O) groups is 1. The van der Waals surface area contributed by atoms with E-state index < -0.39 is 29.9 Å². The Balaban J connectivity index is 1.66. The number of Topliss-reactive ketones (excluding diaryl/α,β-unsaturated/α-hetero) is 1. The summed E-state index contributed by atoms with van der Waals surface area (Å²) in [6, 6.07) is 5.33. The van der Waals surface area contributed by atoms with E-state index in [2.05, 4.69) is 27.3 Å². The minimum atomic E-state index is -4.45. The molecule has 0 unspecified atom stereocenters. The van der Waals surface area contributed by atoms with Gasteiger partial charge in [-0.25, -0.2) is 4.39 Å². The van der Waals surface area contributed by atoms with E-state index in [1.807, 2.05) is 0 Å². The highest BCUT2D eigenvalue weighted by molar-refractivity contribution is 7.21. The minimum Gasteiger partial charge on any atom is -0.362 e. The van der Waals surface area contributed by atoms with E-state index in [4.69, 9.17) is 0 Å². The lowest BCUT2D eigenvalue weighted by Gasteiger charge is -2.38. The largest absolute Gasteiger partial charge is 0.416 e. The second-order valence-corrected chi connectivity index (χ2v) is 10.6. The number of fused-ring (bicyclic) bond motifs is 1. The molecule has 2 aromatic heterocycles. The van der Waals surface area contributed by atoms with Crippen molar-refractivity contribution < 1.29 is 22.4 Å². The average Bonchev–Trinajstić information content (AvgIpc) is 3.31. The third-order valence-electron chi connectivity index (χ3n) is 7.34. The van der Waals surface area contributed by atoms with Gasteiger partial charge in [0, 0.05) is 5.39 Å². The Kier molecular flexibility index (Phi) is 7.39. The number of rotatable bonds is 7. The normalized spacial score (nSPS) is 17.3. The highest BCUT2D eigenvalue weighted by Crippen LogP contribution is 2.41. The van der Waals surface area contributed by atoms with Crippen LogP contribution in [0.3, 0.4) is 0 Å². The first-order valence-electron chi connectivity index (χ1n) is 12.0. The fraction of sp³-hybridized carbons (Fsp3) is 0.500. The number of piperidine rings is 1. The van der Waals surface area contributed by atoms with Crippen LogP contribution in [0.1, 0.15) is 64.8 Å². The smallest absolute Gasteiger partial charge is 0.362 e. The Labute approximate surface area is 211 Å². The van der Waals surface area contributed by atoms with Crippen LogP contribution in [-0.4, -0.2) is 47.2 Å². The molecule has 1 fully saturated rings. The summed E-state index contributed by atoms with van der Waals surface area (Å²) in [6.45, 7) is 8.57. The molecule has 1 aliphatic heterocycles. The summed E-state index contributed by atoms with van der Waals surface area (Å²) in [6.07, 6.45) is -3.51. The lowest BCUT2D eigenvalue weighted by molar-refractivity contribution is -0.138. The number of ketones is 1. The molecule has 4 rings (SSSR count). The van der Waals surface area contributed by atoms with E-state index in [0.29, 0.717) is 53.3 Å². The van der Waals surface area contributed by atoms with Crippen LogP contribution >= 0.6 is 11.3 Å². The summed E-state index contributed by atoms with van der Waals surface area (Å²) in [4.78, 5) is 16.2. The SMILES string of the molecule is CCN1CCC(CF)(C(=O)c2cc3c(N[C@H](C)c4cccc(C(F)(F)F)c4C)nnc(C)c3s2)CC1. The number of alkyl halides is 4. The monoisotopic (exact) mass is 522 g/mol. The number of carbonyl (C=O) groups excluding carboxylic acids is 1. The number of nitrogens with one attached hydrogen (secondary N) is 1. The third kappa shape index (κ3) is 4.85. The highest BCUT2D eigenvalue weighted by Gasteiger charge is 2.42. The van der Waals surface area contributed by atoms with E-state index in [1.54, 1.807) is 26.0 Å². The number of benzene rings is 1. The lowest BCUT2D eigenvalue weighted by Crippen LogP contribution is -2.45. The van der Waals surface area contributed by atoms with Crippen LogP contribution in [0.4, 0.5) is 23.4 Å². The van der Waals surface area contributed by atoms with Gasteiger partial charge in [-0.05, 0) is 76.5 Å². The van der Waals surface area contributed by atoms with Crippen LogP contribution in [0.5, 0.6) is 0 Å². The number of anilines is 1. The van der Waals surface area contributed by atoms with E-state index in [0.717, 1.165) is 17.3 Å². The van der Waals surface area contributed by atoms with Crippen LogP contribution in [0.15, 0.2) is 24.3 Å². The van der Waals surface area contributed by atoms with Crippen molar-refractivity contribution in [1.82, 2.24) is 15.1 Å². The van der Waals surface area contributed by atoms with Crippen molar-refractivity contribution in [3.63, 3.8) is 0 Å². The molecule has 0 saturated carbocycles. The first kappa shape index (κ1) is 26.5. The molecule has 1 N–H and O–H groups in total. The second kappa shape index (κ2) is 10.0. The molecule has 0 spiro atoms. The van der Waals surface area contributed by atoms with Gasteiger partial charge in [0.2, 0.25) is 0 Å². The Morgan fingerprint density at radius 2 is 1.92 bits per heavy atom. The minimum absolute atomic E-state index is 0.144. The molecule has 0 amide bonds. The van der Waals surface area contributed by atoms with Gasteiger partial charge in [0.1, 0.15) is 6.67 Å². The second-order valence-electron chi connectivity index (χ2n) is 9.55. The van der Waals surface area contributed by atoms with Crippen LogP contribution in [0, 0.1) is 19.3 Å². The molecule has 1 atom stereocenters. The molecule has 0 radical (unpaired) electrons. The summed E-state index contributed by atoms with van der Waals surface area (Å²) in [5.41, 5.74) is -0.436. The van der Waals surface area contributed by atoms with Crippen molar-refractivity contribution >= 4 is 33.0 Å². The zero-order chi connectivity index (χ0) is 26.3. The number of halogens is 4. The van der Waals surface area contributed by atoms with E-state index in [9.17, 15) is 22.4 Å². The number of likely N-dealkylation sites (tertiary alicyclic amines) is 1. The molecular formula is C26H30F4N4OS. The van der Waals surface area contributed by atoms with Crippen molar-refractivity contribution in [2.24, 2.45) is 5.41 Å². The highest BCUT2D eigenvalue weighted by atomic mass is 32.1. The molecule has 10 heteroatoms. The van der Waals surface area contributed by atoms with Gasteiger partial charge in [-0.2, -0.15) is 18.3 Å². The fourth-order valence-corrected chi connectivity index (χ4v) is 6.13. The van der Waals surface area contributed by atoms with Gasteiger partial charge in [0.05, 0.1) is 32.3 Å². The quantitative estimate of drug-likeness (QED) is 0.275. The Morgan fingerprint density at radius 3 is 2.53 bits per heavy atom. The Morgan fingerprint density at radius 1 is 1.22 bits per heavy atom. The summed E-state index contributed by atoms with van der Waals surface area (Å²) in [7, 11) is 0. The average molecular weight is 523 g/mol. The fourth-order valence-electron chi connectivity index (χ4n) is 4.97. The molecule has 0 aliphatic carbocycles. The van der Waals surface area contributed by atoms with Crippen molar-refractivity contribution in [3.8, 4) is 0 Å². The third-order valence-corrected chi connectivity index (χ3v) is 8.58. The maximum absolute atomic E-state index is 14.3. The van der Waals surface area contributed by atoms with Gasteiger partial charge < -0.3 is 10.2 Å². The topological polar surface area (TPSA) is 58.1 Å². The van der Waals surface area contributed by atoms with E-state index in [-0.39, 0.29) is 11.3 Å². The first-order valence-corrected chi connectivity index (χ1v) is 12.9. The standard InChI is InChI=1S/C26H30F4N4OS/c1-5-34-11-9-25(14-27,10-12-34)23(35)21-13-19-22(36-21)17(4)32-33-24(19)31-16(3)18-7-6-8-20(15(18)2)26(28,29)30/h6-8,13,16H,5,9-12,14H2,1-4H3,(H,31,33)/t16-/m1/s1. The predicted octanol–water partition coefficient (Wildman–Crippen LogP) is 6.75. The zero-order valence-electron chi connectivity index (χ0n) is 20.8. The van der Waals surface area contributed by atoms with E-state index >= 15 is 0 Å². The van der Waals surface area contributed by atoms with Crippen LogP contribution in [-0.2, 0) is 6.18 Å². The molecule has 5 nitrogen and oxygen atoms in total. The van der Waals surface area contributed by atoms with Crippen molar-refractivity contribution in [2.75, 3.05) is 31.6 Å². The van der Waals surface area contributed by atoms with Crippen LogP contribution in [0.2, 0.25) is 0 Å². The molecule has 1 aromatic carbocycles. The molecule has 0 bridgehead atoms. The Hall–Kier alpha value is -2.59. The summed E-state index contributed by atoms with van der Waals surface area (Å²) in [5, 5.41) is 12.3. The maximum Gasteiger partial charge on any atom is 0.416 e. The zero-order valence-corrected chi connectivity index (χ0v) is 21.6. The van der Waals surface area contributed by atoms with E-state index in [1.165, 1.54) is 24.3 Å². The van der Waals surface area contributed by atoms with Crippen molar-refractivity contribution in [3.05, 3.63) is 51.5 Å². The van der Waals surface area contributed by atoms with Gasteiger partial charge in [-0.1, -0.05) is 19.1 Å². The summed E-state index contributed by atoms with van der Waals surface area (Å²) in [5.74, 6) is 0.180. The number of aryl methyl sites for hydroxylation is 1. The van der Waals surface area contributed by atoms with Gasteiger partial charge in [-0.15, -0.1) is 16.4 Å². The molecule has 1 saturated heterocycles. The van der Waals surface area contributed by atoms with Crippen molar-refractivity contribution in [1.29, 1.82) is 0 Å². The molecule has 1 aliphatic rings. The van der Waals surface area contributed by atoms with Crippen molar-refractivity contribution in [2.45, 2.75) is 52.8 Å². The predicted molar refractivity (Wildman–Crippen MR) is 134 cm³/mol. The first-order chi connectivity index (χ1) is 17.0. The Bertz CT molecular complexity index is 1260. The van der Waals surface area contributed by atoms with Gasteiger partial charge in [-0.3, -0.25) is 4.79 Å². The van der Waals surface area contributed by atoms with Crippen LogP contribution < -0.4 is 5.32 Å². The maximum atomic E-state index is 14.3. The number of aromatic nitrogens is 2. The number of nitrogens with zero attached hydrogens (tertiary/aromatic N) is 3. The summed E-state index contributed by atoms with van der Waals surface area (Å²) < 4.78 is 55.2. The summed E-state index contributed by atoms with van der Waals surface area (Å²) >= 11 is 1.27. The number of hydrogen-bond acceptors (Lipinski definition) is 6. The van der Waals surface area contributed by atoms with Gasteiger partial charge in [0.15, 0.2) is 11.6 Å². The number of thiophene rings is 1.